The van der Waals surface area contributed by atoms with Gasteiger partial charge in [-0.2, -0.15) is 13.5 Å². The maximum atomic E-state index is 13.1. The molecule has 1 amide bonds. The van der Waals surface area contributed by atoms with E-state index in [1.165, 1.54) is 48.4 Å². The molecule has 0 aliphatic heterocycles. The molecule has 0 saturated heterocycles. The van der Waals surface area contributed by atoms with E-state index in [1.807, 2.05) is 13.8 Å². The average molecular weight is 471 g/mol. The second-order valence-corrected chi connectivity index (χ2v) is 9.41. The minimum atomic E-state index is -3.94. The summed E-state index contributed by atoms with van der Waals surface area (Å²) >= 11 is 0. The van der Waals surface area contributed by atoms with Gasteiger partial charge in [-0.15, -0.1) is 0 Å². The number of nitrogens with one attached hydrogen (secondary N) is 1. The number of halogens is 2. The number of methoxy groups -OCH3 is 1. The summed E-state index contributed by atoms with van der Waals surface area (Å²) in [5.74, 6) is 0.191. The number of sulfonamides is 1. The maximum absolute atomic E-state index is 13.1. The molecule has 1 N–H and O–H groups in total. The topological polar surface area (TPSA) is 84.9 Å². The van der Waals surface area contributed by atoms with Crippen LogP contribution in [0.2, 0.25) is 0 Å². The van der Waals surface area contributed by atoms with E-state index in [2.05, 4.69) is 9.46 Å². The highest BCUT2D eigenvalue weighted by Crippen LogP contribution is 2.19. The van der Waals surface area contributed by atoms with Gasteiger partial charge in [0.1, 0.15) is 17.5 Å². The van der Waals surface area contributed by atoms with Crippen LogP contribution in [0.1, 0.15) is 25.8 Å². The van der Waals surface area contributed by atoms with Crippen LogP contribution in [0.4, 0.5) is 8.78 Å². The van der Waals surface area contributed by atoms with Gasteiger partial charge in [0.25, 0.3) is 0 Å². The summed E-state index contributed by atoms with van der Waals surface area (Å²) in [7, 11) is -0.902. The Morgan fingerprint density at radius 3 is 2.09 bits per heavy atom. The molecule has 7 nitrogen and oxygen atoms in total. The Hall–Kier alpha value is -2.72. The van der Waals surface area contributed by atoms with E-state index in [9.17, 15) is 22.0 Å². The van der Waals surface area contributed by atoms with Crippen LogP contribution >= 0.6 is 0 Å². The van der Waals surface area contributed by atoms with Crippen molar-refractivity contribution in [3.63, 3.8) is 0 Å². The molecule has 0 spiro atoms. The molecule has 0 fully saturated rings. The molecule has 1 unspecified atom stereocenters. The third-order valence-electron chi connectivity index (χ3n) is 4.62. The van der Waals surface area contributed by atoms with Gasteiger partial charge in [-0.3, -0.25) is 4.79 Å². The number of nitrogens with zero attached hydrogens (tertiary/aromatic N) is 1. The van der Waals surface area contributed by atoms with Crippen molar-refractivity contribution in [1.82, 2.24) is 9.62 Å². The highest BCUT2D eigenvalue weighted by molar-refractivity contribution is 7.89. The van der Waals surface area contributed by atoms with E-state index < -0.39 is 28.6 Å². The predicted molar refractivity (Wildman–Crippen MR) is 116 cm³/mol. The van der Waals surface area contributed by atoms with E-state index in [1.54, 1.807) is 19.2 Å². The van der Waals surface area contributed by atoms with E-state index in [4.69, 9.17) is 4.74 Å². The van der Waals surface area contributed by atoms with Crippen molar-refractivity contribution in [2.24, 2.45) is 5.92 Å². The summed E-state index contributed by atoms with van der Waals surface area (Å²) in [6.45, 7) is 1.04. The van der Waals surface area contributed by atoms with Gasteiger partial charge in [0.15, 0.2) is 0 Å². The second-order valence-electron chi connectivity index (χ2n) is 7.70. The molecule has 0 bridgehead atoms. The number of hydrogen-bond donors (Lipinski definition) is 1. The molecule has 2 aromatic carbocycles. The number of benzene rings is 2. The summed E-state index contributed by atoms with van der Waals surface area (Å²) in [6, 6.07) is 10.8. The summed E-state index contributed by atoms with van der Waals surface area (Å²) in [6.07, 6.45) is 0.305. The SMILES string of the molecule is COc1ccc(S(=O)(=O)NC(CC(C)C)C(=O)N(C)Cc2ccc(OC(F)F)cc2)cc1. The highest BCUT2D eigenvalue weighted by Gasteiger charge is 2.28. The number of carbonyl (C=O) groups excluding carboxylic acids is 1. The lowest BCUT2D eigenvalue weighted by Gasteiger charge is -2.26. The van der Waals surface area contributed by atoms with Crippen molar-refractivity contribution in [3.8, 4) is 11.5 Å². The monoisotopic (exact) mass is 470 g/mol. The maximum Gasteiger partial charge on any atom is 0.387 e. The molecule has 0 aliphatic rings. The third kappa shape index (κ3) is 7.45. The van der Waals surface area contributed by atoms with Gasteiger partial charge in [-0.05, 0) is 54.3 Å². The first kappa shape index (κ1) is 25.5. The summed E-state index contributed by atoms with van der Waals surface area (Å²) < 4.78 is 62.1. The van der Waals surface area contributed by atoms with Gasteiger partial charge in [0.05, 0.1) is 12.0 Å². The molecular weight excluding hydrogens is 442 g/mol. The molecule has 1 atom stereocenters. The smallest absolute Gasteiger partial charge is 0.387 e. The van der Waals surface area contributed by atoms with Crippen LogP contribution in [0, 0.1) is 5.92 Å². The zero-order valence-corrected chi connectivity index (χ0v) is 19.2. The minimum Gasteiger partial charge on any atom is -0.497 e. The second kappa shape index (κ2) is 11.2. The van der Waals surface area contributed by atoms with Gasteiger partial charge in [-0.25, -0.2) is 8.42 Å². The predicted octanol–water partition coefficient (Wildman–Crippen LogP) is 3.65. The molecule has 0 heterocycles. The first-order valence-corrected chi connectivity index (χ1v) is 11.4. The van der Waals surface area contributed by atoms with Crippen molar-refractivity contribution < 1.29 is 31.5 Å². The van der Waals surface area contributed by atoms with Crippen molar-refractivity contribution in [1.29, 1.82) is 0 Å². The lowest BCUT2D eigenvalue weighted by atomic mass is 10.0. The quantitative estimate of drug-likeness (QED) is 0.542. The van der Waals surface area contributed by atoms with Crippen LogP contribution in [-0.2, 0) is 21.4 Å². The number of ether oxygens (including phenoxy) is 2. The van der Waals surface area contributed by atoms with Crippen molar-refractivity contribution in [2.75, 3.05) is 14.2 Å². The lowest BCUT2D eigenvalue weighted by molar-refractivity contribution is -0.132. The lowest BCUT2D eigenvalue weighted by Crippen LogP contribution is -2.47. The normalized spacial score (nSPS) is 12.6. The van der Waals surface area contributed by atoms with Gasteiger partial charge in [0.2, 0.25) is 15.9 Å². The number of alkyl halides is 2. The van der Waals surface area contributed by atoms with Crippen LogP contribution in [0.5, 0.6) is 11.5 Å². The largest absolute Gasteiger partial charge is 0.497 e. The first-order chi connectivity index (χ1) is 15.0. The fourth-order valence-corrected chi connectivity index (χ4v) is 4.28. The zero-order chi connectivity index (χ0) is 23.9. The van der Waals surface area contributed by atoms with E-state index in [-0.39, 0.29) is 23.1 Å². The van der Waals surface area contributed by atoms with E-state index in [0.717, 1.165) is 0 Å². The molecule has 176 valence electrons. The molecular formula is C22H28F2N2O5S. The summed E-state index contributed by atoms with van der Waals surface area (Å²) in [5, 5.41) is 0. The molecule has 0 aromatic heterocycles. The molecule has 0 aliphatic carbocycles. The fraction of sp³-hybridized carbons (Fsp3) is 0.409. The van der Waals surface area contributed by atoms with Crippen LogP contribution in [0.15, 0.2) is 53.4 Å². The molecule has 2 rings (SSSR count). The summed E-state index contributed by atoms with van der Waals surface area (Å²) in [4.78, 5) is 14.5. The molecule has 0 radical (unpaired) electrons. The Morgan fingerprint density at radius 2 is 1.59 bits per heavy atom. The van der Waals surface area contributed by atoms with Gasteiger partial charge < -0.3 is 14.4 Å². The van der Waals surface area contributed by atoms with Crippen molar-refractivity contribution in [3.05, 3.63) is 54.1 Å². The third-order valence-corrected chi connectivity index (χ3v) is 6.10. The molecule has 10 heteroatoms. The number of amides is 1. The Labute approximate surface area is 187 Å². The van der Waals surface area contributed by atoms with Crippen molar-refractivity contribution >= 4 is 15.9 Å². The average Bonchev–Trinajstić information content (AvgIpc) is 2.73. The van der Waals surface area contributed by atoms with Crippen LogP contribution < -0.4 is 14.2 Å². The van der Waals surface area contributed by atoms with Crippen LogP contribution in [0.25, 0.3) is 0 Å². The zero-order valence-electron chi connectivity index (χ0n) is 18.4. The van der Waals surface area contributed by atoms with Crippen molar-refractivity contribution in [2.45, 2.75) is 44.4 Å². The number of rotatable bonds is 11. The Bertz CT molecular complexity index is 980. The summed E-state index contributed by atoms with van der Waals surface area (Å²) in [5.41, 5.74) is 0.684. The Balaban J connectivity index is 2.13. The Morgan fingerprint density at radius 1 is 1.03 bits per heavy atom. The van der Waals surface area contributed by atoms with E-state index >= 15 is 0 Å². The van der Waals surface area contributed by atoms with E-state index in [0.29, 0.717) is 17.7 Å². The standard InChI is InChI=1S/C22H28F2N2O5S/c1-15(2)13-20(25-32(28,29)19-11-9-17(30-4)10-12-19)21(27)26(3)14-16-5-7-18(8-6-16)31-22(23)24/h5-12,15,20,22,25H,13-14H2,1-4H3. The highest BCUT2D eigenvalue weighted by atomic mass is 32.2. The Kier molecular flexibility index (Phi) is 8.97. The molecule has 2 aromatic rings. The number of likely N-dealkylation sites (N-methyl/N-ethyl adjacent to an activating group) is 1. The minimum absolute atomic E-state index is 0.0164. The molecule has 0 saturated carbocycles. The van der Waals surface area contributed by atoms with Crippen LogP contribution in [-0.4, -0.2) is 46.0 Å². The molecule has 32 heavy (non-hydrogen) atoms. The van der Waals surface area contributed by atoms with Gasteiger partial charge in [0, 0.05) is 13.6 Å². The van der Waals surface area contributed by atoms with Gasteiger partial charge >= 0.3 is 6.61 Å². The van der Waals surface area contributed by atoms with Gasteiger partial charge in [-0.1, -0.05) is 26.0 Å². The van der Waals surface area contributed by atoms with Crippen LogP contribution in [0.3, 0.4) is 0 Å². The number of carbonyl (C=O) groups is 1. The number of hydrogen-bond acceptors (Lipinski definition) is 5. The first-order valence-electron chi connectivity index (χ1n) is 9.97. The fourth-order valence-electron chi connectivity index (χ4n) is 3.08.